The Balaban J connectivity index is 2.23. The van der Waals surface area contributed by atoms with Gasteiger partial charge in [0, 0.05) is 31.2 Å². The Kier molecular flexibility index (Phi) is 6.16. The molecule has 0 saturated heterocycles. The molecule has 0 aliphatic carbocycles. The molecule has 112 valence electrons. The van der Waals surface area contributed by atoms with Crippen molar-refractivity contribution in [2.75, 3.05) is 25.1 Å². The zero-order valence-electron chi connectivity index (χ0n) is 12.8. The van der Waals surface area contributed by atoms with E-state index in [0.717, 1.165) is 48.9 Å². The number of ether oxygens (including phenoxy) is 1. The Bertz CT molecular complexity index is 543. The maximum Gasteiger partial charge on any atom is 0.133 e. The summed E-state index contributed by atoms with van der Waals surface area (Å²) in [6, 6.07) is 12.2. The lowest BCUT2D eigenvalue weighted by Gasteiger charge is -2.10. The van der Waals surface area contributed by atoms with Crippen LogP contribution in [0.1, 0.15) is 26.1 Å². The van der Waals surface area contributed by atoms with Crippen LogP contribution in [0, 0.1) is 0 Å². The molecule has 0 fully saturated rings. The summed E-state index contributed by atoms with van der Waals surface area (Å²) < 4.78 is 5.40. The smallest absolute Gasteiger partial charge is 0.133 e. The molecule has 2 aromatic rings. The molecule has 0 spiro atoms. The zero-order chi connectivity index (χ0) is 14.9. The highest BCUT2D eigenvalue weighted by Crippen LogP contribution is 2.19. The van der Waals surface area contributed by atoms with Crippen molar-refractivity contribution in [3.63, 3.8) is 0 Å². The number of aromatic nitrogens is 2. The Morgan fingerprint density at radius 1 is 1.10 bits per heavy atom. The Morgan fingerprint density at radius 3 is 2.62 bits per heavy atom. The van der Waals surface area contributed by atoms with E-state index in [0.29, 0.717) is 6.61 Å². The van der Waals surface area contributed by atoms with Crippen LogP contribution >= 0.6 is 0 Å². The van der Waals surface area contributed by atoms with Gasteiger partial charge in [-0.1, -0.05) is 37.3 Å². The van der Waals surface area contributed by atoms with Crippen LogP contribution in [0.5, 0.6) is 0 Å². The van der Waals surface area contributed by atoms with Gasteiger partial charge in [-0.2, -0.15) is 0 Å². The van der Waals surface area contributed by atoms with Gasteiger partial charge in [-0.05, 0) is 13.3 Å². The van der Waals surface area contributed by atoms with Crippen LogP contribution in [0.4, 0.5) is 5.82 Å². The van der Waals surface area contributed by atoms with E-state index >= 15 is 0 Å². The van der Waals surface area contributed by atoms with Gasteiger partial charge >= 0.3 is 0 Å². The monoisotopic (exact) mass is 285 g/mol. The molecule has 0 saturated carbocycles. The van der Waals surface area contributed by atoms with Gasteiger partial charge in [0.1, 0.15) is 11.6 Å². The molecule has 1 aromatic carbocycles. The number of hydrogen-bond donors (Lipinski definition) is 1. The van der Waals surface area contributed by atoms with Crippen molar-refractivity contribution in [3.8, 4) is 11.3 Å². The van der Waals surface area contributed by atoms with Crippen LogP contribution in [-0.2, 0) is 11.2 Å². The highest BCUT2D eigenvalue weighted by atomic mass is 16.5. The van der Waals surface area contributed by atoms with E-state index < -0.39 is 0 Å². The summed E-state index contributed by atoms with van der Waals surface area (Å²) in [5, 5.41) is 3.34. The normalized spacial score (nSPS) is 10.6. The van der Waals surface area contributed by atoms with E-state index in [2.05, 4.69) is 34.3 Å². The second kappa shape index (κ2) is 8.37. The molecule has 0 unspecified atom stereocenters. The number of nitrogens with zero attached hydrogens (tertiary/aromatic N) is 2. The first-order valence-electron chi connectivity index (χ1n) is 7.58. The molecule has 4 nitrogen and oxygen atoms in total. The van der Waals surface area contributed by atoms with E-state index in [1.165, 1.54) is 0 Å². The van der Waals surface area contributed by atoms with Gasteiger partial charge in [0.2, 0.25) is 0 Å². The standard InChI is InChI=1S/C17H23N3O/c1-3-11-18-17-13-15(14-8-6-5-7-9-14)19-16(20-17)10-12-21-4-2/h5-9,13H,3-4,10-12H2,1-2H3,(H,18,19,20). The quantitative estimate of drug-likeness (QED) is 0.754. The largest absolute Gasteiger partial charge is 0.381 e. The van der Waals surface area contributed by atoms with Crippen molar-refractivity contribution in [2.45, 2.75) is 26.7 Å². The summed E-state index contributed by atoms with van der Waals surface area (Å²) >= 11 is 0. The first-order chi connectivity index (χ1) is 10.3. The molecule has 0 bridgehead atoms. The first-order valence-corrected chi connectivity index (χ1v) is 7.58. The van der Waals surface area contributed by atoms with Crippen LogP contribution in [0.15, 0.2) is 36.4 Å². The minimum absolute atomic E-state index is 0.655. The van der Waals surface area contributed by atoms with Crippen molar-refractivity contribution in [1.82, 2.24) is 9.97 Å². The fourth-order valence-corrected chi connectivity index (χ4v) is 2.02. The third-order valence-corrected chi connectivity index (χ3v) is 3.07. The van der Waals surface area contributed by atoms with Gasteiger partial charge in [0.25, 0.3) is 0 Å². The lowest BCUT2D eigenvalue weighted by atomic mass is 10.1. The lowest BCUT2D eigenvalue weighted by Crippen LogP contribution is -2.08. The summed E-state index contributed by atoms with van der Waals surface area (Å²) in [6.45, 7) is 6.43. The van der Waals surface area contributed by atoms with Crippen LogP contribution in [0.2, 0.25) is 0 Å². The van der Waals surface area contributed by atoms with E-state index in [-0.39, 0.29) is 0 Å². The van der Waals surface area contributed by atoms with Crippen LogP contribution < -0.4 is 5.32 Å². The summed E-state index contributed by atoms with van der Waals surface area (Å²) in [6.07, 6.45) is 1.80. The summed E-state index contributed by atoms with van der Waals surface area (Å²) in [7, 11) is 0. The molecule has 1 N–H and O–H groups in total. The molecule has 2 rings (SSSR count). The first kappa shape index (κ1) is 15.4. The van der Waals surface area contributed by atoms with Crippen molar-refractivity contribution < 1.29 is 4.74 Å². The number of anilines is 1. The number of benzene rings is 1. The minimum atomic E-state index is 0.655. The molecule has 1 heterocycles. The zero-order valence-corrected chi connectivity index (χ0v) is 12.8. The van der Waals surface area contributed by atoms with E-state index in [1.807, 2.05) is 31.2 Å². The maximum atomic E-state index is 5.40. The van der Waals surface area contributed by atoms with Gasteiger partial charge in [-0.25, -0.2) is 9.97 Å². The summed E-state index contributed by atoms with van der Waals surface area (Å²) in [4.78, 5) is 9.22. The van der Waals surface area contributed by atoms with Crippen molar-refractivity contribution >= 4 is 5.82 Å². The van der Waals surface area contributed by atoms with Gasteiger partial charge in [-0.15, -0.1) is 0 Å². The Hall–Kier alpha value is -1.94. The molecule has 0 radical (unpaired) electrons. The van der Waals surface area contributed by atoms with E-state index in [1.54, 1.807) is 0 Å². The van der Waals surface area contributed by atoms with Gasteiger partial charge < -0.3 is 10.1 Å². The summed E-state index contributed by atoms with van der Waals surface area (Å²) in [5.74, 6) is 1.71. The van der Waals surface area contributed by atoms with Crippen LogP contribution in [0.3, 0.4) is 0 Å². The fourth-order valence-electron chi connectivity index (χ4n) is 2.02. The molecule has 0 aliphatic rings. The Labute approximate surface area is 126 Å². The predicted octanol–water partition coefficient (Wildman–Crippen LogP) is 3.54. The van der Waals surface area contributed by atoms with Crippen LogP contribution in [0.25, 0.3) is 11.3 Å². The summed E-state index contributed by atoms with van der Waals surface area (Å²) in [5.41, 5.74) is 2.06. The third-order valence-electron chi connectivity index (χ3n) is 3.07. The number of rotatable bonds is 8. The second-order valence-electron chi connectivity index (χ2n) is 4.79. The van der Waals surface area contributed by atoms with Gasteiger partial charge in [-0.3, -0.25) is 0 Å². The maximum absolute atomic E-state index is 5.40. The number of hydrogen-bond acceptors (Lipinski definition) is 4. The molecule has 4 heteroatoms. The van der Waals surface area contributed by atoms with Gasteiger partial charge in [0.15, 0.2) is 0 Å². The predicted molar refractivity (Wildman–Crippen MR) is 86.4 cm³/mol. The lowest BCUT2D eigenvalue weighted by molar-refractivity contribution is 0.149. The average Bonchev–Trinajstić information content (AvgIpc) is 2.54. The number of nitrogens with one attached hydrogen (secondary N) is 1. The van der Waals surface area contributed by atoms with Crippen molar-refractivity contribution in [3.05, 3.63) is 42.2 Å². The highest BCUT2D eigenvalue weighted by Gasteiger charge is 2.06. The van der Waals surface area contributed by atoms with Crippen molar-refractivity contribution in [1.29, 1.82) is 0 Å². The topological polar surface area (TPSA) is 47.0 Å². The highest BCUT2D eigenvalue weighted by molar-refractivity contribution is 5.62. The van der Waals surface area contributed by atoms with E-state index in [4.69, 9.17) is 4.74 Å². The van der Waals surface area contributed by atoms with Gasteiger partial charge in [0.05, 0.1) is 12.3 Å². The van der Waals surface area contributed by atoms with Crippen molar-refractivity contribution in [2.24, 2.45) is 0 Å². The molecule has 0 aliphatic heterocycles. The molecular formula is C17H23N3O. The second-order valence-corrected chi connectivity index (χ2v) is 4.79. The SMILES string of the molecule is CCCNc1cc(-c2ccccc2)nc(CCOCC)n1. The van der Waals surface area contributed by atoms with Crippen LogP contribution in [-0.4, -0.2) is 29.7 Å². The van der Waals surface area contributed by atoms with E-state index in [9.17, 15) is 0 Å². The molecule has 21 heavy (non-hydrogen) atoms. The fraction of sp³-hybridized carbons (Fsp3) is 0.412. The average molecular weight is 285 g/mol. The Morgan fingerprint density at radius 2 is 1.90 bits per heavy atom. The molecular weight excluding hydrogens is 262 g/mol. The molecule has 1 aromatic heterocycles. The minimum Gasteiger partial charge on any atom is -0.381 e. The molecule has 0 atom stereocenters. The molecule has 0 amide bonds. The third kappa shape index (κ3) is 4.83.